The third kappa shape index (κ3) is 3.70. The molecule has 1 amide bonds. The van der Waals surface area contributed by atoms with E-state index in [-0.39, 0.29) is 24.4 Å². The smallest absolute Gasteiger partial charge is 0.367 e. The summed E-state index contributed by atoms with van der Waals surface area (Å²) in [5.74, 6) is 0.203. The van der Waals surface area contributed by atoms with Crippen LogP contribution in [0.15, 0.2) is 24.4 Å². The van der Waals surface area contributed by atoms with Gasteiger partial charge in [-0.25, -0.2) is 4.68 Å². The lowest BCUT2D eigenvalue weighted by Crippen LogP contribution is -2.39. The third-order valence-corrected chi connectivity index (χ3v) is 5.79. The molecule has 2 aromatic rings. The van der Waals surface area contributed by atoms with Crippen molar-refractivity contribution in [3.63, 3.8) is 0 Å². The maximum Gasteiger partial charge on any atom is 0.410 e. The van der Waals surface area contributed by atoms with E-state index in [1.165, 1.54) is 0 Å². The average Bonchev–Trinajstić information content (AvgIpc) is 3.32. The maximum absolute atomic E-state index is 13.6. The van der Waals surface area contributed by atoms with Gasteiger partial charge in [0, 0.05) is 30.5 Å². The number of fused-ring (bicyclic) bond motifs is 1. The molecule has 3 atom stereocenters. The van der Waals surface area contributed by atoms with Crippen LogP contribution in [-0.2, 0) is 0 Å². The highest BCUT2D eigenvalue weighted by Gasteiger charge is 2.46. The van der Waals surface area contributed by atoms with Crippen molar-refractivity contribution in [1.29, 1.82) is 0 Å². The Labute approximate surface area is 167 Å². The van der Waals surface area contributed by atoms with E-state index in [4.69, 9.17) is 0 Å². The summed E-state index contributed by atoms with van der Waals surface area (Å²) in [6, 6.07) is 2.94. The van der Waals surface area contributed by atoms with Gasteiger partial charge in [0.05, 0.1) is 17.3 Å². The zero-order chi connectivity index (χ0) is 20.8. The predicted molar refractivity (Wildman–Crippen MR) is 102 cm³/mol. The number of aromatic nitrogens is 3. The number of carbonyl (C=O) groups excluding carboxylic acids is 1. The monoisotopic (exact) mass is 407 g/mol. The summed E-state index contributed by atoms with van der Waals surface area (Å²) in [5, 5.41) is 7.48. The van der Waals surface area contributed by atoms with Crippen molar-refractivity contribution in [2.45, 2.75) is 63.8 Å². The molecular formula is C20H24F3N5O. The van der Waals surface area contributed by atoms with E-state index in [0.717, 1.165) is 16.8 Å². The minimum absolute atomic E-state index is 0.0452. The minimum Gasteiger partial charge on any atom is -0.367 e. The molecule has 0 aromatic carbocycles. The molecule has 2 aliphatic heterocycles. The van der Waals surface area contributed by atoms with E-state index in [1.807, 2.05) is 13.8 Å². The number of pyridine rings is 1. The highest BCUT2D eigenvalue weighted by Crippen LogP contribution is 2.42. The summed E-state index contributed by atoms with van der Waals surface area (Å²) >= 11 is 0. The molecule has 0 aliphatic carbocycles. The lowest BCUT2D eigenvalue weighted by Gasteiger charge is -2.32. The standard InChI is InChI=1S/C20H24F3N5O/c1-3-14-9-17(20(21,22)23)28-18(25-14)10-15(26-28)16-5-4-8-27(16)19(29)13-7-6-12(2)24-11-13/h6-7,10-11,14,16-17,25H,3-5,8-9H2,1-2H3/t14-,16-,17-/m1/s1. The summed E-state index contributed by atoms with van der Waals surface area (Å²) in [6.07, 6.45) is -0.816. The molecule has 0 unspecified atom stereocenters. The van der Waals surface area contributed by atoms with Gasteiger partial charge in [-0.15, -0.1) is 0 Å². The van der Waals surface area contributed by atoms with Gasteiger partial charge in [0.2, 0.25) is 0 Å². The van der Waals surface area contributed by atoms with Gasteiger partial charge in [0.25, 0.3) is 5.91 Å². The molecule has 1 saturated heterocycles. The van der Waals surface area contributed by atoms with E-state index in [9.17, 15) is 18.0 Å². The Morgan fingerprint density at radius 1 is 1.34 bits per heavy atom. The maximum atomic E-state index is 13.6. The molecule has 4 heterocycles. The Balaban J connectivity index is 1.64. The summed E-state index contributed by atoms with van der Waals surface area (Å²) in [6.45, 7) is 4.26. The van der Waals surface area contributed by atoms with Gasteiger partial charge in [0.15, 0.2) is 6.04 Å². The number of nitrogens with zero attached hydrogens (tertiary/aromatic N) is 4. The minimum atomic E-state index is -4.37. The van der Waals surface area contributed by atoms with Crippen LogP contribution in [-0.4, -0.2) is 44.3 Å². The number of rotatable bonds is 3. The van der Waals surface area contributed by atoms with Crippen molar-refractivity contribution in [3.05, 3.63) is 41.3 Å². The number of hydrogen-bond acceptors (Lipinski definition) is 4. The zero-order valence-corrected chi connectivity index (χ0v) is 16.4. The van der Waals surface area contributed by atoms with Crippen LogP contribution in [0.2, 0.25) is 0 Å². The molecular weight excluding hydrogens is 383 g/mol. The van der Waals surface area contributed by atoms with E-state index in [2.05, 4.69) is 15.4 Å². The fourth-order valence-electron chi connectivity index (χ4n) is 4.18. The van der Waals surface area contributed by atoms with Crippen LogP contribution in [0.5, 0.6) is 0 Å². The van der Waals surface area contributed by atoms with Crippen molar-refractivity contribution in [2.24, 2.45) is 0 Å². The first kappa shape index (κ1) is 19.7. The molecule has 1 N–H and O–H groups in total. The van der Waals surface area contributed by atoms with Gasteiger partial charge >= 0.3 is 6.18 Å². The number of carbonyl (C=O) groups is 1. The number of amides is 1. The predicted octanol–water partition coefficient (Wildman–Crippen LogP) is 4.26. The molecule has 0 bridgehead atoms. The summed E-state index contributed by atoms with van der Waals surface area (Å²) in [4.78, 5) is 18.8. The van der Waals surface area contributed by atoms with Crippen molar-refractivity contribution in [1.82, 2.24) is 19.7 Å². The second kappa shape index (κ2) is 7.35. The Morgan fingerprint density at radius 3 is 2.79 bits per heavy atom. The van der Waals surface area contributed by atoms with Crippen LogP contribution in [0.3, 0.4) is 0 Å². The molecule has 29 heavy (non-hydrogen) atoms. The topological polar surface area (TPSA) is 63.1 Å². The van der Waals surface area contributed by atoms with E-state index < -0.39 is 12.2 Å². The molecule has 9 heteroatoms. The number of aryl methyl sites for hydroxylation is 1. The van der Waals surface area contributed by atoms with Gasteiger partial charge in [0.1, 0.15) is 5.82 Å². The largest absolute Gasteiger partial charge is 0.410 e. The van der Waals surface area contributed by atoms with Crippen molar-refractivity contribution in [3.8, 4) is 0 Å². The molecule has 0 saturated carbocycles. The first-order valence-corrected chi connectivity index (χ1v) is 9.94. The quantitative estimate of drug-likeness (QED) is 0.826. The van der Waals surface area contributed by atoms with Gasteiger partial charge in [-0.05, 0) is 44.7 Å². The second-order valence-electron chi connectivity index (χ2n) is 7.79. The Kier molecular flexibility index (Phi) is 5.00. The molecule has 2 aliphatic rings. The van der Waals surface area contributed by atoms with Crippen LogP contribution in [0.1, 0.15) is 66.4 Å². The van der Waals surface area contributed by atoms with Gasteiger partial charge in [-0.2, -0.15) is 18.3 Å². The molecule has 0 spiro atoms. The first-order valence-electron chi connectivity index (χ1n) is 9.94. The summed E-state index contributed by atoms with van der Waals surface area (Å²) < 4.78 is 41.9. The Morgan fingerprint density at radius 2 is 2.14 bits per heavy atom. The fraction of sp³-hybridized carbons (Fsp3) is 0.550. The number of hydrogen-bond donors (Lipinski definition) is 1. The van der Waals surface area contributed by atoms with Crippen molar-refractivity contribution in [2.75, 3.05) is 11.9 Å². The average molecular weight is 407 g/mol. The SMILES string of the molecule is CC[C@@H]1C[C@H](C(F)(F)F)n2nc([C@H]3CCCN3C(=O)c3ccc(C)nc3)cc2N1. The fourth-order valence-corrected chi connectivity index (χ4v) is 4.18. The van der Waals surface area contributed by atoms with Crippen LogP contribution in [0.25, 0.3) is 0 Å². The molecule has 0 radical (unpaired) electrons. The number of nitrogens with one attached hydrogen (secondary N) is 1. The normalized spacial score (nSPS) is 24.3. The Bertz CT molecular complexity index is 893. The highest BCUT2D eigenvalue weighted by molar-refractivity contribution is 5.94. The van der Waals surface area contributed by atoms with E-state index in [1.54, 1.807) is 29.3 Å². The molecule has 4 rings (SSSR count). The van der Waals surface area contributed by atoms with E-state index >= 15 is 0 Å². The second-order valence-corrected chi connectivity index (χ2v) is 7.79. The van der Waals surface area contributed by atoms with Gasteiger partial charge < -0.3 is 10.2 Å². The number of likely N-dealkylation sites (tertiary alicyclic amines) is 1. The molecule has 156 valence electrons. The molecule has 2 aromatic heterocycles. The van der Waals surface area contributed by atoms with Crippen molar-refractivity contribution >= 4 is 11.7 Å². The lowest BCUT2D eigenvalue weighted by atomic mass is 10.0. The van der Waals surface area contributed by atoms with Crippen LogP contribution < -0.4 is 5.32 Å². The van der Waals surface area contributed by atoms with Gasteiger partial charge in [-0.3, -0.25) is 9.78 Å². The highest BCUT2D eigenvalue weighted by atomic mass is 19.4. The Hall–Kier alpha value is -2.58. The number of halogens is 3. The molecule has 6 nitrogen and oxygen atoms in total. The number of anilines is 1. The van der Waals surface area contributed by atoms with Crippen LogP contribution in [0, 0.1) is 6.92 Å². The van der Waals surface area contributed by atoms with Gasteiger partial charge in [-0.1, -0.05) is 6.92 Å². The van der Waals surface area contributed by atoms with Crippen LogP contribution >= 0.6 is 0 Å². The van der Waals surface area contributed by atoms with Crippen molar-refractivity contribution < 1.29 is 18.0 Å². The van der Waals surface area contributed by atoms with Crippen LogP contribution in [0.4, 0.5) is 19.0 Å². The zero-order valence-electron chi connectivity index (χ0n) is 16.4. The van der Waals surface area contributed by atoms with E-state index in [0.29, 0.717) is 36.5 Å². The third-order valence-electron chi connectivity index (χ3n) is 5.79. The lowest BCUT2D eigenvalue weighted by molar-refractivity contribution is -0.173. The summed E-state index contributed by atoms with van der Waals surface area (Å²) in [5.41, 5.74) is 1.80. The number of alkyl halides is 3. The first-order chi connectivity index (χ1) is 13.8. The molecule has 1 fully saturated rings. The summed E-state index contributed by atoms with van der Waals surface area (Å²) in [7, 11) is 0.